The normalized spacial score (nSPS) is 19.0. The lowest BCUT2D eigenvalue weighted by molar-refractivity contribution is -0.132. The molecule has 0 spiro atoms. The molecule has 5 nitrogen and oxygen atoms in total. The Morgan fingerprint density at radius 1 is 1.03 bits per heavy atom. The van der Waals surface area contributed by atoms with Crippen LogP contribution in [0.5, 0.6) is 0 Å². The molecule has 0 radical (unpaired) electrons. The molecule has 1 aliphatic rings. The molecular weight excluding hydrogens is 428 g/mol. The maximum absolute atomic E-state index is 13.0. The van der Waals surface area contributed by atoms with Gasteiger partial charge in [-0.25, -0.2) is 0 Å². The summed E-state index contributed by atoms with van der Waals surface area (Å²) in [4.78, 5) is 15.0. The number of amides is 1. The van der Waals surface area contributed by atoms with Crippen LogP contribution in [0.3, 0.4) is 0 Å². The van der Waals surface area contributed by atoms with Crippen LogP contribution in [0.4, 0.5) is 0 Å². The number of rotatable bonds is 5. The van der Waals surface area contributed by atoms with E-state index in [0.717, 1.165) is 41.6 Å². The molecule has 174 valence electrons. The molecule has 1 aromatic heterocycles. The molecule has 0 bridgehead atoms. The van der Waals surface area contributed by atoms with Crippen molar-refractivity contribution in [3.05, 3.63) is 60.2 Å². The lowest BCUT2D eigenvalue weighted by atomic mass is 9.87. The van der Waals surface area contributed by atoms with Crippen LogP contribution >= 0.6 is 11.8 Å². The number of hydrogen-bond donors (Lipinski definition) is 0. The summed E-state index contributed by atoms with van der Waals surface area (Å²) in [6, 6.07) is 19.0. The third-order valence-electron chi connectivity index (χ3n) is 6.44. The van der Waals surface area contributed by atoms with E-state index in [-0.39, 0.29) is 11.3 Å². The van der Waals surface area contributed by atoms with E-state index in [1.165, 1.54) is 17.3 Å². The number of aromatic nitrogens is 3. The average molecular weight is 463 g/mol. The number of thioether (sulfide) groups is 1. The van der Waals surface area contributed by atoms with Gasteiger partial charge in [-0.2, -0.15) is 0 Å². The highest BCUT2D eigenvalue weighted by atomic mass is 32.2. The zero-order valence-corrected chi connectivity index (χ0v) is 21.1. The first-order chi connectivity index (χ1) is 15.7. The van der Waals surface area contributed by atoms with Crippen molar-refractivity contribution < 1.29 is 4.79 Å². The first-order valence-electron chi connectivity index (χ1n) is 11.8. The monoisotopic (exact) mass is 462 g/mol. The molecule has 3 aromatic rings. The molecule has 0 aliphatic carbocycles. The van der Waals surface area contributed by atoms with Crippen LogP contribution in [0.15, 0.2) is 59.8 Å². The van der Waals surface area contributed by atoms with Crippen molar-refractivity contribution in [3.63, 3.8) is 0 Å². The van der Waals surface area contributed by atoms with Crippen LogP contribution < -0.4 is 0 Å². The van der Waals surface area contributed by atoms with Crippen molar-refractivity contribution in [2.45, 2.75) is 64.1 Å². The fourth-order valence-corrected chi connectivity index (χ4v) is 5.30. The summed E-state index contributed by atoms with van der Waals surface area (Å²) < 4.78 is 2.06. The van der Waals surface area contributed by atoms with Gasteiger partial charge in [0.2, 0.25) is 5.91 Å². The van der Waals surface area contributed by atoms with Crippen molar-refractivity contribution in [1.29, 1.82) is 0 Å². The summed E-state index contributed by atoms with van der Waals surface area (Å²) >= 11 is 1.47. The Kier molecular flexibility index (Phi) is 6.94. The zero-order chi connectivity index (χ0) is 23.6. The number of hydrogen-bond acceptors (Lipinski definition) is 4. The Morgan fingerprint density at radius 3 is 2.36 bits per heavy atom. The first kappa shape index (κ1) is 23.6. The maximum Gasteiger partial charge on any atom is 0.233 e. The highest BCUT2D eigenvalue weighted by molar-refractivity contribution is 7.99. The summed E-state index contributed by atoms with van der Waals surface area (Å²) in [5.74, 6) is 2.02. The molecular formula is C27H34N4OS. The van der Waals surface area contributed by atoms with Gasteiger partial charge in [-0.3, -0.25) is 9.36 Å². The molecule has 33 heavy (non-hydrogen) atoms. The largest absolute Gasteiger partial charge is 0.339 e. The van der Waals surface area contributed by atoms with Gasteiger partial charge < -0.3 is 4.90 Å². The number of para-hydroxylation sites is 1. The highest BCUT2D eigenvalue weighted by Gasteiger charge is 2.27. The third-order valence-corrected chi connectivity index (χ3v) is 7.35. The number of piperidine rings is 1. The topological polar surface area (TPSA) is 51.0 Å². The zero-order valence-electron chi connectivity index (χ0n) is 20.3. The molecule has 2 atom stereocenters. The standard InChI is InChI=1S/C27H34N4OS/c1-19-15-16-30(20(2)17-19)24(32)18-33-26-29-28-25(31(26)23-9-7-6-8-10-23)21-11-13-22(14-12-21)27(3,4)5/h6-14,19-20H,15-18H2,1-5H3/t19-,20-/m1/s1. The Morgan fingerprint density at radius 2 is 1.73 bits per heavy atom. The number of carbonyl (C=O) groups excluding carboxylic acids is 1. The first-order valence-corrected chi connectivity index (χ1v) is 12.8. The van der Waals surface area contributed by atoms with E-state index in [9.17, 15) is 4.79 Å². The van der Waals surface area contributed by atoms with Gasteiger partial charge >= 0.3 is 0 Å². The van der Waals surface area contributed by atoms with Gasteiger partial charge in [-0.15, -0.1) is 10.2 Å². The minimum Gasteiger partial charge on any atom is -0.339 e. The lowest BCUT2D eigenvalue weighted by Crippen LogP contribution is -2.45. The molecule has 0 N–H and O–H groups in total. The van der Waals surface area contributed by atoms with E-state index < -0.39 is 0 Å². The molecule has 6 heteroatoms. The van der Waals surface area contributed by atoms with Crippen LogP contribution in [-0.2, 0) is 10.2 Å². The summed E-state index contributed by atoms with van der Waals surface area (Å²) in [5, 5.41) is 9.77. The molecule has 1 fully saturated rings. The van der Waals surface area contributed by atoms with Gasteiger partial charge in [0.05, 0.1) is 5.75 Å². The van der Waals surface area contributed by atoms with Crippen LogP contribution in [0.25, 0.3) is 17.1 Å². The van der Waals surface area contributed by atoms with Crippen molar-refractivity contribution in [2.24, 2.45) is 5.92 Å². The summed E-state index contributed by atoms with van der Waals surface area (Å²) in [6.45, 7) is 11.9. The molecule has 0 unspecified atom stereocenters. The van der Waals surface area contributed by atoms with Gasteiger partial charge in [0.25, 0.3) is 0 Å². The van der Waals surface area contributed by atoms with Gasteiger partial charge in [-0.05, 0) is 48.8 Å². The maximum atomic E-state index is 13.0. The summed E-state index contributed by atoms with van der Waals surface area (Å²) in [5.41, 5.74) is 3.38. The second kappa shape index (κ2) is 9.72. The fourth-order valence-electron chi connectivity index (χ4n) is 4.47. The predicted molar refractivity (Wildman–Crippen MR) is 136 cm³/mol. The number of carbonyl (C=O) groups is 1. The predicted octanol–water partition coefficient (Wildman–Crippen LogP) is 5.97. The highest BCUT2D eigenvalue weighted by Crippen LogP contribution is 2.31. The molecule has 0 saturated carbocycles. The van der Waals surface area contributed by atoms with Crippen molar-refractivity contribution >= 4 is 17.7 Å². The Bertz CT molecular complexity index is 1090. The smallest absolute Gasteiger partial charge is 0.233 e. The van der Waals surface area contributed by atoms with Crippen LogP contribution in [0, 0.1) is 5.92 Å². The SMILES string of the molecule is C[C@@H]1CCN(C(=O)CSc2nnc(-c3ccc(C(C)(C)C)cc3)n2-c2ccccc2)[C@H](C)C1. The quantitative estimate of drug-likeness (QED) is 0.438. The molecule has 4 rings (SSSR count). The Labute approximate surface area is 201 Å². The van der Waals surface area contributed by atoms with Crippen LogP contribution in [0.2, 0.25) is 0 Å². The van der Waals surface area contributed by atoms with Crippen LogP contribution in [0.1, 0.15) is 53.0 Å². The fraction of sp³-hybridized carbons (Fsp3) is 0.444. The summed E-state index contributed by atoms with van der Waals surface area (Å²) in [6.07, 6.45) is 2.15. The molecule has 2 heterocycles. The third kappa shape index (κ3) is 5.32. The lowest BCUT2D eigenvalue weighted by Gasteiger charge is -2.36. The molecule has 1 saturated heterocycles. The van der Waals surface area contributed by atoms with Crippen LogP contribution in [-0.4, -0.2) is 43.9 Å². The second-order valence-electron chi connectivity index (χ2n) is 10.2. The second-order valence-corrected chi connectivity index (χ2v) is 11.1. The van der Waals surface area contributed by atoms with Gasteiger partial charge in [-0.1, -0.05) is 81.9 Å². The molecule has 1 amide bonds. The summed E-state index contributed by atoms with van der Waals surface area (Å²) in [7, 11) is 0. The van der Waals surface area contributed by atoms with E-state index >= 15 is 0 Å². The van der Waals surface area contributed by atoms with E-state index in [2.05, 4.69) is 85.8 Å². The molecule has 1 aliphatic heterocycles. The Hall–Kier alpha value is -2.60. The van der Waals surface area contributed by atoms with Gasteiger partial charge in [0, 0.05) is 23.8 Å². The van der Waals surface area contributed by atoms with E-state index in [4.69, 9.17) is 0 Å². The van der Waals surface area contributed by atoms with E-state index in [1.54, 1.807) is 0 Å². The van der Waals surface area contributed by atoms with Gasteiger partial charge in [0.15, 0.2) is 11.0 Å². The number of likely N-dealkylation sites (tertiary alicyclic amines) is 1. The minimum atomic E-state index is 0.0936. The van der Waals surface area contributed by atoms with Crippen molar-refractivity contribution in [3.8, 4) is 17.1 Å². The van der Waals surface area contributed by atoms with E-state index in [1.807, 2.05) is 23.1 Å². The number of nitrogens with zero attached hydrogens (tertiary/aromatic N) is 4. The van der Waals surface area contributed by atoms with Crippen molar-refractivity contribution in [1.82, 2.24) is 19.7 Å². The minimum absolute atomic E-state index is 0.0936. The van der Waals surface area contributed by atoms with Crippen molar-refractivity contribution in [2.75, 3.05) is 12.3 Å². The van der Waals surface area contributed by atoms with Gasteiger partial charge in [0.1, 0.15) is 0 Å². The average Bonchev–Trinajstić information content (AvgIpc) is 3.21. The molecule has 2 aromatic carbocycles. The Balaban J connectivity index is 1.60. The van der Waals surface area contributed by atoms with E-state index in [0.29, 0.717) is 17.7 Å². The number of benzene rings is 2.